The van der Waals surface area contributed by atoms with Gasteiger partial charge < -0.3 is 9.64 Å². The fraction of sp³-hybridized carbons (Fsp3) is 0.562. The van der Waals surface area contributed by atoms with Crippen LogP contribution in [0, 0.1) is 0 Å². The Morgan fingerprint density at radius 1 is 0.778 bits per heavy atom. The van der Waals surface area contributed by atoms with Crippen molar-refractivity contribution in [1.82, 2.24) is 13.5 Å². The van der Waals surface area contributed by atoms with Gasteiger partial charge in [-0.3, -0.25) is 4.79 Å². The van der Waals surface area contributed by atoms with Gasteiger partial charge in [-0.15, -0.1) is 0 Å². The van der Waals surface area contributed by atoms with Crippen molar-refractivity contribution in [1.29, 1.82) is 0 Å². The molecule has 3 rings (SSSR count). The Labute approximate surface area is 159 Å². The van der Waals surface area contributed by atoms with Crippen LogP contribution in [0.4, 0.5) is 0 Å². The van der Waals surface area contributed by atoms with Gasteiger partial charge in [0.15, 0.2) is 0 Å². The first kappa shape index (κ1) is 20.2. The third-order valence-electron chi connectivity index (χ3n) is 4.75. The van der Waals surface area contributed by atoms with E-state index in [4.69, 9.17) is 4.74 Å². The smallest absolute Gasteiger partial charge is 0.243 e. The second kappa shape index (κ2) is 7.84. The highest BCUT2D eigenvalue weighted by Crippen LogP contribution is 2.22. The first-order valence-electron chi connectivity index (χ1n) is 8.66. The van der Waals surface area contributed by atoms with Crippen LogP contribution in [0.3, 0.4) is 0 Å². The van der Waals surface area contributed by atoms with Crippen LogP contribution in [-0.2, 0) is 29.6 Å². The van der Waals surface area contributed by atoms with Crippen LogP contribution >= 0.6 is 0 Å². The largest absolute Gasteiger partial charge is 0.379 e. The van der Waals surface area contributed by atoms with Crippen molar-refractivity contribution in [2.45, 2.75) is 16.7 Å². The lowest BCUT2D eigenvalue weighted by Gasteiger charge is -2.33. The Morgan fingerprint density at radius 2 is 1.19 bits per heavy atom. The van der Waals surface area contributed by atoms with E-state index in [2.05, 4.69) is 0 Å². The van der Waals surface area contributed by atoms with E-state index in [0.717, 1.165) is 0 Å². The van der Waals surface area contributed by atoms with Crippen molar-refractivity contribution in [2.75, 3.05) is 52.5 Å². The zero-order valence-corrected chi connectivity index (χ0v) is 16.7. The van der Waals surface area contributed by atoms with Crippen molar-refractivity contribution in [3.05, 3.63) is 24.3 Å². The molecule has 9 nitrogen and oxygen atoms in total. The topological polar surface area (TPSA) is 104 Å². The average Bonchev–Trinajstić information content (AvgIpc) is 2.69. The number of amides is 1. The predicted molar refractivity (Wildman–Crippen MR) is 97.0 cm³/mol. The Bertz CT molecular complexity index is 885. The summed E-state index contributed by atoms with van der Waals surface area (Å²) in [6.07, 6.45) is 0. The van der Waals surface area contributed by atoms with Gasteiger partial charge in [-0.2, -0.15) is 8.61 Å². The van der Waals surface area contributed by atoms with Crippen molar-refractivity contribution in [3.8, 4) is 0 Å². The van der Waals surface area contributed by atoms with Crippen LogP contribution in [0.2, 0.25) is 0 Å². The number of hydrogen-bond donors (Lipinski definition) is 0. The van der Waals surface area contributed by atoms with E-state index in [1.165, 1.54) is 39.8 Å². The van der Waals surface area contributed by atoms with Gasteiger partial charge in [0.2, 0.25) is 26.0 Å². The molecule has 0 radical (unpaired) electrons. The van der Waals surface area contributed by atoms with Crippen LogP contribution in [0.15, 0.2) is 34.1 Å². The highest BCUT2D eigenvalue weighted by Gasteiger charge is 2.30. The molecule has 0 saturated carbocycles. The molecule has 0 atom stereocenters. The Hall–Kier alpha value is -1.53. The number of benzene rings is 1. The first-order chi connectivity index (χ1) is 12.7. The van der Waals surface area contributed by atoms with E-state index < -0.39 is 20.0 Å². The highest BCUT2D eigenvalue weighted by molar-refractivity contribution is 7.89. The quantitative estimate of drug-likeness (QED) is 0.658. The highest BCUT2D eigenvalue weighted by atomic mass is 32.2. The van der Waals surface area contributed by atoms with Crippen molar-refractivity contribution in [3.63, 3.8) is 0 Å². The van der Waals surface area contributed by atoms with Crippen LogP contribution < -0.4 is 0 Å². The summed E-state index contributed by atoms with van der Waals surface area (Å²) in [5, 5.41) is 0. The van der Waals surface area contributed by atoms with E-state index in [1.54, 1.807) is 4.90 Å². The summed E-state index contributed by atoms with van der Waals surface area (Å²) in [7, 11) is -7.40. The van der Waals surface area contributed by atoms with Gasteiger partial charge in [0.25, 0.3) is 0 Å². The van der Waals surface area contributed by atoms with E-state index in [9.17, 15) is 21.6 Å². The molecule has 2 aliphatic rings. The van der Waals surface area contributed by atoms with Gasteiger partial charge in [-0.1, -0.05) is 0 Å². The third-order valence-corrected chi connectivity index (χ3v) is 8.58. The molecule has 0 aliphatic carbocycles. The molecule has 0 bridgehead atoms. The number of carbonyl (C=O) groups is 1. The van der Waals surface area contributed by atoms with Gasteiger partial charge in [0, 0.05) is 46.2 Å². The molecule has 2 saturated heterocycles. The van der Waals surface area contributed by atoms with Gasteiger partial charge in [0.05, 0.1) is 23.0 Å². The van der Waals surface area contributed by atoms with Gasteiger partial charge in [0.1, 0.15) is 0 Å². The number of morpholine rings is 1. The van der Waals surface area contributed by atoms with Crippen LogP contribution in [0.25, 0.3) is 0 Å². The molecule has 2 aliphatic heterocycles. The number of piperazine rings is 1. The number of nitrogens with zero attached hydrogens (tertiary/aromatic N) is 3. The lowest BCUT2D eigenvalue weighted by Crippen LogP contribution is -2.49. The molecule has 1 aromatic carbocycles. The Kier molecular flexibility index (Phi) is 5.87. The van der Waals surface area contributed by atoms with Crippen molar-refractivity contribution >= 4 is 26.0 Å². The molecular weight excluding hydrogens is 394 g/mol. The number of sulfonamides is 2. The lowest BCUT2D eigenvalue weighted by molar-refractivity contribution is -0.129. The molecule has 1 amide bonds. The van der Waals surface area contributed by atoms with Crippen LogP contribution in [0.1, 0.15) is 6.92 Å². The number of carbonyl (C=O) groups excluding carboxylic acids is 1. The second-order valence-electron chi connectivity index (χ2n) is 6.40. The Morgan fingerprint density at radius 3 is 1.59 bits per heavy atom. The van der Waals surface area contributed by atoms with Gasteiger partial charge in [-0.05, 0) is 24.3 Å². The van der Waals surface area contributed by atoms with E-state index >= 15 is 0 Å². The monoisotopic (exact) mass is 417 g/mol. The maximum Gasteiger partial charge on any atom is 0.243 e. The molecule has 150 valence electrons. The molecule has 1 aromatic rings. The van der Waals surface area contributed by atoms with Crippen molar-refractivity contribution in [2.24, 2.45) is 0 Å². The molecule has 27 heavy (non-hydrogen) atoms. The fourth-order valence-corrected chi connectivity index (χ4v) is 5.94. The summed E-state index contributed by atoms with van der Waals surface area (Å²) in [5.41, 5.74) is 0. The number of ether oxygens (including phenoxy) is 1. The summed E-state index contributed by atoms with van der Waals surface area (Å²) in [5.74, 6) is -0.0790. The summed E-state index contributed by atoms with van der Waals surface area (Å²) >= 11 is 0. The van der Waals surface area contributed by atoms with E-state index in [1.807, 2.05) is 0 Å². The molecule has 2 fully saturated rings. The third kappa shape index (κ3) is 4.16. The molecule has 0 spiro atoms. The summed E-state index contributed by atoms with van der Waals surface area (Å²) in [6.45, 7) is 3.83. The first-order valence-corrected chi connectivity index (χ1v) is 11.5. The van der Waals surface area contributed by atoms with Crippen molar-refractivity contribution < 1.29 is 26.4 Å². The number of rotatable bonds is 4. The maximum atomic E-state index is 12.8. The summed E-state index contributed by atoms with van der Waals surface area (Å²) in [4.78, 5) is 13.1. The minimum atomic E-state index is -3.73. The molecule has 0 unspecified atom stereocenters. The van der Waals surface area contributed by atoms with Crippen LogP contribution in [0.5, 0.6) is 0 Å². The molecule has 2 heterocycles. The standard InChI is InChI=1S/C16H23N3O6S2/c1-14(20)17-6-8-18(9-7-17)26(21,22)15-2-4-16(5-3-15)27(23,24)19-10-12-25-13-11-19/h2-5H,6-13H2,1H3. The second-order valence-corrected chi connectivity index (χ2v) is 10.3. The normalized spacial score (nSPS) is 20.6. The summed E-state index contributed by atoms with van der Waals surface area (Å²) in [6, 6.07) is 5.28. The Balaban J connectivity index is 1.75. The minimum Gasteiger partial charge on any atom is -0.379 e. The van der Waals surface area contributed by atoms with E-state index in [-0.39, 0.29) is 41.9 Å². The number of hydrogen-bond acceptors (Lipinski definition) is 6. The van der Waals surface area contributed by atoms with Crippen LogP contribution in [-0.4, -0.2) is 88.7 Å². The maximum absolute atomic E-state index is 12.8. The molecule has 0 aromatic heterocycles. The molecule has 11 heteroatoms. The predicted octanol–water partition coefficient (Wildman–Crippen LogP) is -0.440. The zero-order valence-electron chi connectivity index (χ0n) is 15.1. The average molecular weight is 418 g/mol. The van der Waals surface area contributed by atoms with E-state index in [0.29, 0.717) is 26.3 Å². The lowest BCUT2D eigenvalue weighted by atomic mass is 10.3. The zero-order chi connectivity index (χ0) is 19.7. The van der Waals surface area contributed by atoms with Gasteiger partial charge >= 0.3 is 0 Å². The molecular formula is C16H23N3O6S2. The summed E-state index contributed by atoms with van der Waals surface area (Å²) < 4.78 is 58.6. The SMILES string of the molecule is CC(=O)N1CCN(S(=O)(=O)c2ccc(S(=O)(=O)N3CCOCC3)cc2)CC1. The molecule has 0 N–H and O–H groups in total. The fourth-order valence-electron chi connectivity index (χ4n) is 3.11. The van der Waals surface area contributed by atoms with Gasteiger partial charge in [-0.25, -0.2) is 16.8 Å². The minimum absolute atomic E-state index is 0.0414.